The fourth-order valence-corrected chi connectivity index (χ4v) is 3.99. The van der Waals surface area contributed by atoms with Gasteiger partial charge in [0.1, 0.15) is 11.4 Å². The highest BCUT2D eigenvalue weighted by Crippen LogP contribution is 2.28. The SMILES string of the molecule is O=C(c1cn(-c2ccc(Br)cc2)nn1)c1c(-c2ccccc2)nc2sccn12. The Balaban J connectivity index is 1.60. The fraction of sp³-hybridized carbons (Fsp3) is 0. The zero-order valence-electron chi connectivity index (χ0n) is 14.4. The van der Waals surface area contributed by atoms with Crippen LogP contribution >= 0.6 is 27.3 Å². The van der Waals surface area contributed by atoms with E-state index in [0.717, 1.165) is 20.7 Å². The second kappa shape index (κ2) is 6.81. The number of aromatic nitrogens is 5. The molecule has 0 saturated carbocycles. The highest BCUT2D eigenvalue weighted by atomic mass is 79.9. The summed E-state index contributed by atoms with van der Waals surface area (Å²) in [6.07, 6.45) is 3.50. The number of carbonyl (C=O) groups excluding carboxylic acids is 1. The normalized spacial score (nSPS) is 11.2. The Morgan fingerprint density at radius 1 is 1.04 bits per heavy atom. The van der Waals surface area contributed by atoms with E-state index in [-0.39, 0.29) is 11.5 Å². The van der Waals surface area contributed by atoms with Crippen molar-refractivity contribution in [2.45, 2.75) is 0 Å². The lowest BCUT2D eigenvalue weighted by Gasteiger charge is -2.02. The smallest absolute Gasteiger partial charge is 0.233 e. The summed E-state index contributed by atoms with van der Waals surface area (Å²) in [5, 5.41) is 10.1. The second-order valence-corrected chi connectivity index (χ2v) is 7.87. The van der Waals surface area contributed by atoms with Crippen LogP contribution in [-0.4, -0.2) is 30.2 Å². The molecule has 0 bridgehead atoms. The molecule has 0 saturated heterocycles. The Hall–Kier alpha value is -3.10. The Bertz CT molecular complexity index is 1290. The van der Waals surface area contributed by atoms with Crippen molar-refractivity contribution in [3.05, 3.63) is 88.2 Å². The van der Waals surface area contributed by atoms with Gasteiger partial charge < -0.3 is 0 Å². The number of hydrogen-bond donors (Lipinski definition) is 0. The van der Waals surface area contributed by atoms with Crippen molar-refractivity contribution in [2.24, 2.45) is 0 Å². The van der Waals surface area contributed by atoms with E-state index < -0.39 is 0 Å². The molecule has 136 valence electrons. The summed E-state index contributed by atoms with van der Waals surface area (Å²) in [5.74, 6) is -0.215. The molecule has 28 heavy (non-hydrogen) atoms. The Kier molecular flexibility index (Phi) is 4.14. The number of imidazole rings is 1. The maximum atomic E-state index is 13.3. The first kappa shape index (κ1) is 17.0. The Morgan fingerprint density at radius 2 is 1.82 bits per heavy atom. The van der Waals surface area contributed by atoms with Crippen LogP contribution < -0.4 is 0 Å². The van der Waals surface area contributed by atoms with Gasteiger partial charge in [0.15, 0.2) is 10.7 Å². The Labute approximate surface area is 172 Å². The molecule has 2 aromatic carbocycles. The van der Waals surface area contributed by atoms with Crippen molar-refractivity contribution in [1.29, 1.82) is 0 Å². The van der Waals surface area contributed by atoms with Gasteiger partial charge in [-0.25, -0.2) is 9.67 Å². The van der Waals surface area contributed by atoms with E-state index in [2.05, 4.69) is 31.2 Å². The van der Waals surface area contributed by atoms with Crippen molar-refractivity contribution in [3.63, 3.8) is 0 Å². The first-order chi connectivity index (χ1) is 13.7. The molecule has 0 unspecified atom stereocenters. The van der Waals surface area contributed by atoms with Crippen LogP contribution in [0.3, 0.4) is 0 Å². The zero-order chi connectivity index (χ0) is 19.1. The molecular formula is C20H12BrN5OS. The number of ketones is 1. The van der Waals surface area contributed by atoms with Crippen molar-refractivity contribution in [1.82, 2.24) is 24.4 Å². The van der Waals surface area contributed by atoms with Gasteiger partial charge in [0.25, 0.3) is 0 Å². The fourth-order valence-electron chi connectivity index (χ4n) is 3.01. The molecule has 0 spiro atoms. The minimum Gasteiger partial charge on any atom is -0.287 e. The lowest BCUT2D eigenvalue weighted by molar-refractivity contribution is 0.102. The number of benzene rings is 2. The standard InChI is InChI=1S/C20H12BrN5OS/c21-14-6-8-15(9-7-14)26-12-16(23-24-26)19(27)18-17(13-4-2-1-3-5-13)22-20-25(18)10-11-28-20/h1-12H. The van der Waals surface area contributed by atoms with Crippen molar-refractivity contribution in [3.8, 4) is 16.9 Å². The maximum Gasteiger partial charge on any atom is 0.233 e. The molecule has 5 aromatic rings. The monoisotopic (exact) mass is 449 g/mol. The molecule has 0 fully saturated rings. The van der Waals surface area contributed by atoms with E-state index >= 15 is 0 Å². The molecule has 0 aliphatic rings. The average Bonchev–Trinajstić information content (AvgIpc) is 3.44. The number of carbonyl (C=O) groups is 1. The molecule has 5 rings (SSSR count). The van der Waals surface area contributed by atoms with Gasteiger partial charge in [-0.2, -0.15) is 0 Å². The third-order valence-electron chi connectivity index (χ3n) is 4.34. The van der Waals surface area contributed by atoms with Crippen LogP contribution in [0.5, 0.6) is 0 Å². The lowest BCUT2D eigenvalue weighted by Crippen LogP contribution is -2.07. The van der Waals surface area contributed by atoms with E-state index in [1.807, 2.05) is 70.6 Å². The van der Waals surface area contributed by atoms with Crippen LogP contribution in [0.1, 0.15) is 16.2 Å². The van der Waals surface area contributed by atoms with Crippen molar-refractivity contribution < 1.29 is 4.79 Å². The first-order valence-corrected chi connectivity index (χ1v) is 10.1. The molecule has 0 N–H and O–H groups in total. The molecular weight excluding hydrogens is 438 g/mol. The third-order valence-corrected chi connectivity index (χ3v) is 5.63. The topological polar surface area (TPSA) is 65.1 Å². The van der Waals surface area contributed by atoms with Crippen molar-refractivity contribution in [2.75, 3.05) is 0 Å². The third kappa shape index (κ3) is 2.87. The van der Waals surface area contributed by atoms with Crippen LogP contribution in [0.25, 0.3) is 21.9 Å². The lowest BCUT2D eigenvalue weighted by atomic mass is 10.1. The van der Waals surface area contributed by atoms with Crippen LogP contribution in [0.2, 0.25) is 0 Å². The summed E-state index contributed by atoms with van der Waals surface area (Å²) >= 11 is 4.90. The molecule has 8 heteroatoms. The molecule has 3 aromatic heterocycles. The summed E-state index contributed by atoms with van der Waals surface area (Å²) in [4.78, 5) is 18.8. The average molecular weight is 450 g/mol. The number of halogens is 1. The van der Waals surface area contributed by atoms with E-state index in [1.165, 1.54) is 11.3 Å². The maximum absolute atomic E-state index is 13.3. The summed E-state index contributed by atoms with van der Waals surface area (Å²) in [6.45, 7) is 0. The molecule has 6 nitrogen and oxygen atoms in total. The van der Waals surface area contributed by atoms with E-state index in [4.69, 9.17) is 0 Å². The molecule has 0 amide bonds. The molecule has 0 radical (unpaired) electrons. The van der Waals surface area contributed by atoms with Crippen LogP contribution in [-0.2, 0) is 0 Å². The van der Waals surface area contributed by atoms with E-state index in [1.54, 1.807) is 10.9 Å². The first-order valence-electron chi connectivity index (χ1n) is 8.45. The van der Waals surface area contributed by atoms with Crippen LogP contribution in [0.4, 0.5) is 0 Å². The number of hydrogen-bond acceptors (Lipinski definition) is 5. The van der Waals surface area contributed by atoms with Gasteiger partial charge in [0.2, 0.25) is 5.78 Å². The minimum atomic E-state index is -0.215. The molecule has 0 aliphatic heterocycles. The largest absolute Gasteiger partial charge is 0.287 e. The van der Waals surface area contributed by atoms with Gasteiger partial charge in [-0.3, -0.25) is 9.20 Å². The van der Waals surface area contributed by atoms with Gasteiger partial charge in [0, 0.05) is 21.6 Å². The summed E-state index contributed by atoms with van der Waals surface area (Å²) < 4.78 is 4.38. The molecule has 0 atom stereocenters. The predicted octanol–water partition coefficient (Wildman–Crippen LogP) is 4.64. The summed E-state index contributed by atoms with van der Waals surface area (Å²) in [7, 11) is 0. The highest BCUT2D eigenvalue weighted by molar-refractivity contribution is 9.10. The summed E-state index contributed by atoms with van der Waals surface area (Å²) in [6, 6.07) is 17.3. The van der Waals surface area contributed by atoms with Gasteiger partial charge >= 0.3 is 0 Å². The second-order valence-electron chi connectivity index (χ2n) is 6.08. The summed E-state index contributed by atoms with van der Waals surface area (Å²) in [5.41, 5.74) is 3.13. The number of nitrogens with zero attached hydrogens (tertiary/aromatic N) is 5. The minimum absolute atomic E-state index is 0.215. The number of fused-ring (bicyclic) bond motifs is 1. The zero-order valence-corrected chi connectivity index (χ0v) is 16.8. The Morgan fingerprint density at radius 3 is 2.61 bits per heavy atom. The van der Waals surface area contributed by atoms with Crippen molar-refractivity contribution >= 4 is 38.0 Å². The number of thiazole rings is 1. The van der Waals surface area contributed by atoms with Gasteiger partial charge in [-0.05, 0) is 24.3 Å². The number of rotatable bonds is 4. The van der Waals surface area contributed by atoms with Gasteiger partial charge in [-0.15, -0.1) is 16.4 Å². The van der Waals surface area contributed by atoms with Crippen LogP contribution in [0.15, 0.2) is 76.8 Å². The molecule has 0 aliphatic carbocycles. The van der Waals surface area contributed by atoms with E-state index in [0.29, 0.717) is 11.4 Å². The molecule has 3 heterocycles. The quantitative estimate of drug-likeness (QED) is 0.375. The van der Waals surface area contributed by atoms with Crippen LogP contribution in [0, 0.1) is 0 Å². The van der Waals surface area contributed by atoms with Gasteiger partial charge in [-0.1, -0.05) is 51.5 Å². The highest BCUT2D eigenvalue weighted by Gasteiger charge is 2.24. The van der Waals surface area contributed by atoms with E-state index in [9.17, 15) is 4.79 Å². The van der Waals surface area contributed by atoms with Gasteiger partial charge in [0.05, 0.1) is 11.9 Å². The predicted molar refractivity (Wildman–Crippen MR) is 111 cm³/mol.